The second-order valence-electron chi connectivity index (χ2n) is 6.99. The maximum Gasteiger partial charge on any atom is 0.213 e. The monoisotopic (exact) mass is 434 g/mol. The first kappa shape index (κ1) is 20.8. The predicted molar refractivity (Wildman–Crippen MR) is 127 cm³/mol. The number of hydrogen-bond acceptors (Lipinski definition) is 4. The van der Waals surface area contributed by atoms with E-state index in [0.29, 0.717) is 17.3 Å². The lowest BCUT2D eigenvalue weighted by Crippen LogP contribution is -2.30. The van der Waals surface area contributed by atoms with Crippen LogP contribution in [0.4, 0.5) is 11.4 Å². The van der Waals surface area contributed by atoms with Crippen molar-refractivity contribution in [3.63, 3.8) is 0 Å². The summed E-state index contributed by atoms with van der Waals surface area (Å²) in [4.78, 5) is 11.1. The molecule has 0 atom stereocenters. The third kappa shape index (κ3) is 4.50. The highest BCUT2D eigenvalue weighted by Crippen LogP contribution is 2.40. The van der Waals surface area contributed by atoms with Gasteiger partial charge in [-0.2, -0.15) is 0 Å². The van der Waals surface area contributed by atoms with Crippen LogP contribution >= 0.6 is 11.6 Å². The maximum atomic E-state index is 6.40. The molecule has 1 aromatic heterocycles. The molecule has 1 heterocycles. The maximum absolute atomic E-state index is 6.40. The van der Waals surface area contributed by atoms with E-state index in [-0.39, 0.29) is 5.96 Å². The van der Waals surface area contributed by atoms with E-state index in [1.807, 2.05) is 61.6 Å². The van der Waals surface area contributed by atoms with Crippen molar-refractivity contribution in [3.05, 3.63) is 83.6 Å². The van der Waals surface area contributed by atoms with Crippen molar-refractivity contribution in [1.29, 1.82) is 0 Å². The standard InChI is InChI=1S/C24H23ClN4O2/c1-29(17-7-4-3-5-8-17)22-12-11-16(25)13-20(22)19-9-6-10-23-21(19)14-18(31-23)15-27-24(26)28-30-2/h3-14H,15H2,1-2H3,(H3,26,27,28). The van der Waals surface area contributed by atoms with Crippen LogP contribution in [0.5, 0.6) is 0 Å². The van der Waals surface area contributed by atoms with E-state index in [1.165, 1.54) is 7.11 Å². The number of anilines is 2. The van der Waals surface area contributed by atoms with Crippen molar-refractivity contribution in [1.82, 2.24) is 5.48 Å². The van der Waals surface area contributed by atoms with Crippen molar-refractivity contribution in [3.8, 4) is 11.1 Å². The fourth-order valence-corrected chi connectivity index (χ4v) is 3.71. The van der Waals surface area contributed by atoms with Gasteiger partial charge in [0.05, 0.1) is 7.11 Å². The van der Waals surface area contributed by atoms with Crippen molar-refractivity contribution >= 4 is 39.9 Å². The summed E-state index contributed by atoms with van der Waals surface area (Å²) in [5, 5.41) is 1.65. The number of benzene rings is 3. The van der Waals surface area contributed by atoms with Crippen LogP contribution in [0, 0.1) is 0 Å². The molecule has 158 valence electrons. The summed E-state index contributed by atoms with van der Waals surface area (Å²) in [6.45, 7) is 0.294. The minimum Gasteiger partial charge on any atom is -0.459 e. The van der Waals surface area contributed by atoms with Crippen LogP contribution in [-0.2, 0) is 11.4 Å². The van der Waals surface area contributed by atoms with Gasteiger partial charge in [0.1, 0.15) is 17.9 Å². The highest BCUT2D eigenvalue weighted by molar-refractivity contribution is 6.31. The van der Waals surface area contributed by atoms with Gasteiger partial charge < -0.3 is 15.1 Å². The normalized spacial score (nSPS) is 11.6. The Bertz CT molecular complexity index is 1220. The molecule has 0 spiro atoms. The number of aliphatic imine (C=N–C) groups is 1. The number of hydrogen-bond donors (Lipinski definition) is 2. The second kappa shape index (κ2) is 9.12. The zero-order valence-corrected chi connectivity index (χ0v) is 18.1. The molecule has 0 aliphatic heterocycles. The van der Waals surface area contributed by atoms with Gasteiger partial charge in [0, 0.05) is 34.4 Å². The Balaban J connectivity index is 1.78. The van der Waals surface area contributed by atoms with Gasteiger partial charge in [0.15, 0.2) is 0 Å². The topological polar surface area (TPSA) is 76.0 Å². The molecule has 31 heavy (non-hydrogen) atoms. The van der Waals surface area contributed by atoms with E-state index in [2.05, 4.69) is 33.6 Å². The van der Waals surface area contributed by atoms with E-state index in [1.54, 1.807) is 0 Å². The molecule has 0 radical (unpaired) electrons. The van der Waals surface area contributed by atoms with Crippen LogP contribution in [0.1, 0.15) is 5.76 Å². The first-order valence-electron chi connectivity index (χ1n) is 9.76. The summed E-state index contributed by atoms with van der Waals surface area (Å²) in [5.41, 5.74) is 13.2. The largest absolute Gasteiger partial charge is 0.459 e. The molecule has 3 aromatic carbocycles. The first-order chi connectivity index (χ1) is 15.1. The molecule has 7 heteroatoms. The number of nitrogens with zero attached hydrogens (tertiary/aromatic N) is 2. The van der Waals surface area contributed by atoms with Gasteiger partial charge in [0.2, 0.25) is 5.96 Å². The number of guanidine groups is 1. The van der Waals surface area contributed by atoms with Gasteiger partial charge in [-0.05, 0) is 48.0 Å². The van der Waals surface area contributed by atoms with Crippen LogP contribution < -0.4 is 16.1 Å². The third-order valence-corrected chi connectivity index (χ3v) is 5.21. The van der Waals surface area contributed by atoms with E-state index >= 15 is 0 Å². The summed E-state index contributed by atoms with van der Waals surface area (Å²) < 4.78 is 6.00. The molecule has 0 amide bonds. The Hall–Kier alpha value is -3.48. The second-order valence-corrected chi connectivity index (χ2v) is 7.43. The number of nitrogens with one attached hydrogen (secondary N) is 1. The summed E-state index contributed by atoms with van der Waals surface area (Å²) in [6, 6.07) is 24.1. The summed E-state index contributed by atoms with van der Waals surface area (Å²) in [7, 11) is 3.52. The number of furan rings is 1. The predicted octanol–water partition coefficient (Wildman–Crippen LogP) is 5.49. The van der Waals surface area contributed by atoms with Gasteiger partial charge in [-0.25, -0.2) is 10.5 Å². The molecule has 0 bridgehead atoms. The molecule has 0 fully saturated rings. The Morgan fingerprint density at radius 2 is 1.87 bits per heavy atom. The third-order valence-electron chi connectivity index (χ3n) is 4.98. The quantitative estimate of drug-likeness (QED) is 0.238. The van der Waals surface area contributed by atoms with Gasteiger partial charge in [-0.15, -0.1) is 0 Å². The number of halogens is 1. The zero-order valence-electron chi connectivity index (χ0n) is 17.3. The average molecular weight is 435 g/mol. The highest BCUT2D eigenvalue weighted by atomic mass is 35.5. The van der Waals surface area contributed by atoms with Crippen molar-refractivity contribution < 1.29 is 9.25 Å². The Kier molecular flexibility index (Phi) is 6.11. The molecule has 0 aliphatic carbocycles. The molecular formula is C24H23ClN4O2. The molecule has 0 aliphatic rings. The SMILES string of the molecule is CONC(N)=NCc1cc2c(-c3cc(Cl)ccc3N(C)c3ccccc3)cccc2o1. The number of nitrogens with two attached hydrogens (primary N) is 1. The molecule has 3 N–H and O–H groups in total. The van der Waals surface area contributed by atoms with Crippen LogP contribution in [0.25, 0.3) is 22.1 Å². The zero-order chi connectivity index (χ0) is 21.8. The van der Waals surface area contributed by atoms with Crippen LogP contribution in [0.15, 0.2) is 82.2 Å². The molecule has 0 saturated carbocycles. The molecule has 4 rings (SSSR count). The van der Waals surface area contributed by atoms with Crippen molar-refractivity contribution in [2.24, 2.45) is 10.7 Å². The number of rotatable bonds is 6. The Morgan fingerprint density at radius 3 is 2.65 bits per heavy atom. The van der Waals surface area contributed by atoms with Crippen molar-refractivity contribution in [2.75, 3.05) is 19.1 Å². The van der Waals surface area contributed by atoms with Gasteiger partial charge in [0.25, 0.3) is 0 Å². The number of hydroxylamine groups is 1. The smallest absolute Gasteiger partial charge is 0.213 e. The molecule has 4 aromatic rings. The Labute approximate surface area is 185 Å². The lowest BCUT2D eigenvalue weighted by molar-refractivity contribution is 0.143. The van der Waals surface area contributed by atoms with E-state index in [4.69, 9.17) is 26.6 Å². The number of fused-ring (bicyclic) bond motifs is 1. The fraction of sp³-hybridized carbons (Fsp3) is 0.125. The Morgan fingerprint density at radius 1 is 1.06 bits per heavy atom. The summed E-state index contributed by atoms with van der Waals surface area (Å²) >= 11 is 6.40. The minimum absolute atomic E-state index is 0.185. The van der Waals surface area contributed by atoms with Gasteiger partial charge in [-0.3, -0.25) is 4.84 Å². The highest BCUT2D eigenvalue weighted by Gasteiger charge is 2.16. The molecule has 0 unspecified atom stereocenters. The fourth-order valence-electron chi connectivity index (χ4n) is 3.53. The first-order valence-corrected chi connectivity index (χ1v) is 10.1. The summed E-state index contributed by atoms with van der Waals surface area (Å²) in [5.74, 6) is 0.882. The van der Waals surface area contributed by atoms with E-state index in [0.717, 1.165) is 33.5 Å². The van der Waals surface area contributed by atoms with Crippen molar-refractivity contribution in [2.45, 2.75) is 6.54 Å². The minimum atomic E-state index is 0.185. The lowest BCUT2D eigenvalue weighted by atomic mass is 9.99. The van der Waals surface area contributed by atoms with Crippen LogP contribution in [0.3, 0.4) is 0 Å². The van der Waals surface area contributed by atoms with Crippen LogP contribution in [0.2, 0.25) is 5.02 Å². The average Bonchev–Trinajstić information content (AvgIpc) is 3.21. The van der Waals surface area contributed by atoms with Crippen LogP contribution in [-0.4, -0.2) is 20.1 Å². The molecule has 0 saturated heterocycles. The van der Waals surface area contributed by atoms with Gasteiger partial charge >= 0.3 is 0 Å². The van der Waals surface area contributed by atoms with E-state index < -0.39 is 0 Å². The number of para-hydroxylation sites is 1. The van der Waals surface area contributed by atoms with E-state index in [9.17, 15) is 0 Å². The molecule has 6 nitrogen and oxygen atoms in total. The summed E-state index contributed by atoms with van der Waals surface area (Å²) in [6.07, 6.45) is 0. The molecular weight excluding hydrogens is 412 g/mol. The lowest BCUT2D eigenvalue weighted by Gasteiger charge is -2.23. The van der Waals surface area contributed by atoms with Gasteiger partial charge in [-0.1, -0.05) is 41.9 Å².